The lowest BCUT2D eigenvalue weighted by molar-refractivity contribution is -0.137. The van der Waals surface area contributed by atoms with Crippen LogP contribution in [0.1, 0.15) is 11.1 Å². The number of halogens is 4. The first kappa shape index (κ1) is 17.6. The SMILES string of the molecule is FC(F)(F)c1ccc(C=NNc2nc(-c3ccccc3)cs2)c(Br)c1. The lowest BCUT2D eigenvalue weighted by atomic mass is 10.1. The zero-order valence-electron chi connectivity index (χ0n) is 12.6. The molecule has 3 rings (SSSR count). The van der Waals surface area contributed by atoms with Crippen molar-refractivity contribution in [2.45, 2.75) is 6.18 Å². The summed E-state index contributed by atoms with van der Waals surface area (Å²) in [7, 11) is 0. The van der Waals surface area contributed by atoms with Gasteiger partial charge in [0, 0.05) is 21.0 Å². The molecule has 8 heteroatoms. The summed E-state index contributed by atoms with van der Waals surface area (Å²) in [6.07, 6.45) is -2.93. The molecule has 0 saturated carbocycles. The third kappa shape index (κ3) is 4.46. The van der Waals surface area contributed by atoms with Crippen molar-refractivity contribution in [2.75, 3.05) is 5.43 Å². The van der Waals surface area contributed by atoms with Crippen LogP contribution in [-0.4, -0.2) is 11.2 Å². The molecule has 0 aliphatic rings. The van der Waals surface area contributed by atoms with E-state index in [0.29, 0.717) is 15.2 Å². The molecule has 1 N–H and O–H groups in total. The van der Waals surface area contributed by atoms with Crippen molar-refractivity contribution in [1.29, 1.82) is 0 Å². The maximum Gasteiger partial charge on any atom is 0.416 e. The molecule has 1 aromatic heterocycles. The molecule has 0 saturated heterocycles. The van der Waals surface area contributed by atoms with Gasteiger partial charge in [0.15, 0.2) is 0 Å². The van der Waals surface area contributed by atoms with Crippen molar-refractivity contribution in [3.05, 3.63) is 69.5 Å². The Labute approximate surface area is 154 Å². The topological polar surface area (TPSA) is 37.3 Å². The van der Waals surface area contributed by atoms with Gasteiger partial charge in [0.05, 0.1) is 17.5 Å². The Morgan fingerprint density at radius 2 is 1.88 bits per heavy atom. The van der Waals surface area contributed by atoms with E-state index in [1.165, 1.54) is 23.6 Å². The molecular weight excluding hydrogens is 415 g/mol. The van der Waals surface area contributed by atoms with Crippen LogP contribution >= 0.6 is 27.3 Å². The van der Waals surface area contributed by atoms with Gasteiger partial charge in [0.1, 0.15) is 0 Å². The first-order valence-electron chi connectivity index (χ1n) is 7.10. The van der Waals surface area contributed by atoms with Crippen molar-refractivity contribution < 1.29 is 13.2 Å². The summed E-state index contributed by atoms with van der Waals surface area (Å²) >= 11 is 4.52. The summed E-state index contributed by atoms with van der Waals surface area (Å²) in [4.78, 5) is 4.41. The van der Waals surface area contributed by atoms with Gasteiger partial charge in [-0.05, 0) is 12.1 Å². The quantitative estimate of drug-likeness (QED) is 0.408. The summed E-state index contributed by atoms with van der Waals surface area (Å²) in [5, 5.41) is 6.53. The zero-order valence-corrected chi connectivity index (χ0v) is 15.0. The molecular formula is C17H11BrF3N3S. The number of nitrogens with zero attached hydrogens (tertiary/aromatic N) is 2. The van der Waals surface area contributed by atoms with Crippen LogP contribution < -0.4 is 5.43 Å². The predicted octanol–water partition coefficient (Wildman–Crippen LogP) is 6.04. The maximum absolute atomic E-state index is 12.6. The van der Waals surface area contributed by atoms with Crippen molar-refractivity contribution in [1.82, 2.24) is 4.98 Å². The van der Waals surface area contributed by atoms with Crippen molar-refractivity contribution in [3.8, 4) is 11.3 Å². The molecule has 128 valence electrons. The van der Waals surface area contributed by atoms with E-state index in [-0.39, 0.29) is 0 Å². The number of hydrogen-bond acceptors (Lipinski definition) is 4. The van der Waals surface area contributed by atoms with E-state index in [9.17, 15) is 13.2 Å². The molecule has 0 amide bonds. The van der Waals surface area contributed by atoms with Crippen LogP contribution in [0.25, 0.3) is 11.3 Å². The molecule has 0 atom stereocenters. The Morgan fingerprint density at radius 3 is 2.56 bits per heavy atom. The Bertz CT molecular complexity index is 892. The maximum atomic E-state index is 12.6. The molecule has 2 aromatic carbocycles. The zero-order chi connectivity index (χ0) is 17.9. The van der Waals surface area contributed by atoms with Crippen LogP contribution in [0.4, 0.5) is 18.3 Å². The summed E-state index contributed by atoms with van der Waals surface area (Å²) < 4.78 is 38.2. The Hall–Kier alpha value is -2.19. The molecule has 0 fully saturated rings. The second-order valence-corrected chi connectivity index (χ2v) is 6.72. The van der Waals surface area contributed by atoms with E-state index in [4.69, 9.17) is 0 Å². The predicted molar refractivity (Wildman–Crippen MR) is 97.9 cm³/mol. The van der Waals surface area contributed by atoms with Crippen molar-refractivity contribution in [2.24, 2.45) is 5.10 Å². The van der Waals surface area contributed by atoms with Crippen LogP contribution in [0.15, 0.2) is 63.5 Å². The molecule has 3 nitrogen and oxygen atoms in total. The average molecular weight is 426 g/mol. The Kier molecular flexibility index (Phi) is 5.19. The number of aromatic nitrogens is 1. The number of rotatable bonds is 4. The third-order valence-corrected chi connectivity index (χ3v) is 4.70. The van der Waals surface area contributed by atoms with E-state index < -0.39 is 11.7 Å². The second-order valence-electron chi connectivity index (χ2n) is 5.01. The van der Waals surface area contributed by atoms with Crippen LogP contribution in [0, 0.1) is 0 Å². The molecule has 0 unspecified atom stereocenters. The highest BCUT2D eigenvalue weighted by Crippen LogP contribution is 2.32. The summed E-state index contributed by atoms with van der Waals surface area (Å²) in [6.45, 7) is 0. The average Bonchev–Trinajstić information content (AvgIpc) is 3.05. The van der Waals surface area contributed by atoms with E-state index in [0.717, 1.165) is 23.4 Å². The van der Waals surface area contributed by atoms with Gasteiger partial charge < -0.3 is 0 Å². The molecule has 1 heterocycles. The van der Waals surface area contributed by atoms with Crippen molar-refractivity contribution >= 4 is 38.6 Å². The highest BCUT2D eigenvalue weighted by atomic mass is 79.9. The molecule has 0 bridgehead atoms. The van der Waals surface area contributed by atoms with Gasteiger partial charge in [-0.15, -0.1) is 11.3 Å². The number of nitrogens with one attached hydrogen (secondary N) is 1. The van der Waals surface area contributed by atoms with Gasteiger partial charge in [0.25, 0.3) is 0 Å². The smallest absolute Gasteiger partial charge is 0.253 e. The highest BCUT2D eigenvalue weighted by Gasteiger charge is 2.30. The summed E-state index contributed by atoms with van der Waals surface area (Å²) in [5.74, 6) is 0. The molecule has 3 aromatic rings. The molecule has 25 heavy (non-hydrogen) atoms. The molecule has 0 spiro atoms. The van der Waals surface area contributed by atoms with E-state index in [1.54, 1.807) is 0 Å². The van der Waals surface area contributed by atoms with Gasteiger partial charge in [-0.2, -0.15) is 18.3 Å². The normalized spacial score (nSPS) is 11.8. The van der Waals surface area contributed by atoms with E-state index in [2.05, 4.69) is 31.4 Å². The van der Waals surface area contributed by atoms with Crippen molar-refractivity contribution in [3.63, 3.8) is 0 Å². The van der Waals surface area contributed by atoms with E-state index >= 15 is 0 Å². The van der Waals surface area contributed by atoms with Gasteiger partial charge in [0.2, 0.25) is 5.13 Å². The Balaban J connectivity index is 1.69. The minimum Gasteiger partial charge on any atom is -0.253 e. The van der Waals surface area contributed by atoms with Gasteiger partial charge in [-0.1, -0.05) is 52.3 Å². The third-order valence-electron chi connectivity index (χ3n) is 3.27. The summed E-state index contributed by atoms with van der Waals surface area (Å²) in [6, 6.07) is 13.1. The van der Waals surface area contributed by atoms with Crippen LogP contribution in [0.5, 0.6) is 0 Å². The van der Waals surface area contributed by atoms with Crippen LogP contribution in [0.3, 0.4) is 0 Å². The number of anilines is 1. The van der Waals surface area contributed by atoms with Gasteiger partial charge >= 0.3 is 6.18 Å². The van der Waals surface area contributed by atoms with E-state index in [1.807, 2.05) is 35.7 Å². The minimum atomic E-state index is -4.37. The summed E-state index contributed by atoms with van der Waals surface area (Å²) in [5.41, 5.74) is 4.44. The number of benzene rings is 2. The fourth-order valence-corrected chi connectivity index (χ4v) is 3.18. The second kappa shape index (κ2) is 7.37. The standard InChI is InChI=1S/C17H11BrF3N3S/c18-14-8-13(17(19,20)21)7-6-12(14)9-22-24-16-23-15(10-25-16)11-4-2-1-3-5-11/h1-10H,(H,23,24). The Morgan fingerprint density at radius 1 is 1.12 bits per heavy atom. The molecule has 0 radical (unpaired) electrons. The van der Waals surface area contributed by atoms with Gasteiger partial charge in [-0.25, -0.2) is 4.98 Å². The molecule has 0 aliphatic carbocycles. The number of thiazole rings is 1. The largest absolute Gasteiger partial charge is 0.416 e. The van der Waals surface area contributed by atoms with Gasteiger partial charge in [-0.3, -0.25) is 5.43 Å². The van der Waals surface area contributed by atoms with Crippen LogP contribution in [0.2, 0.25) is 0 Å². The fourth-order valence-electron chi connectivity index (χ4n) is 2.03. The first-order chi connectivity index (χ1) is 11.9. The first-order valence-corrected chi connectivity index (χ1v) is 8.77. The lowest BCUT2D eigenvalue weighted by Gasteiger charge is -2.07. The number of hydrogen-bond donors (Lipinski definition) is 1. The molecule has 0 aliphatic heterocycles. The number of alkyl halides is 3. The minimum absolute atomic E-state index is 0.317. The monoisotopic (exact) mass is 425 g/mol. The fraction of sp³-hybridized carbons (Fsp3) is 0.0588. The number of hydrazone groups is 1. The van der Waals surface area contributed by atoms with Crippen LogP contribution in [-0.2, 0) is 6.18 Å². The highest BCUT2D eigenvalue weighted by molar-refractivity contribution is 9.10. The lowest BCUT2D eigenvalue weighted by Crippen LogP contribution is -2.05.